The smallest absolute Gasteiger partial charge is 0.255 e. The van der Waals surface area contributed by atoms with Gasteiger partial charge in [0.15, 0.2) is 0 Å². The maximum absolute atomic E-state index is 12.4. The summed E-state index contributed by atoms with van der Waals surface area (Å²) in [6.07, 6.45) is 0. The van der Waals surface area contributed by atoms with Crippen LogP contribution in [0.3, 0.4) is 0 Å². The van der Waals surface area contributed by atoms with Crippen LogP contribution in [0.25, 0.3) is 0 Å². The number of rotatable bonds is 4. The number of halogens is 2. The lowest BCUT2D eigenvalue weighted by atomic mass is 10.1. The molecule has 0 radical (unpaired) electrons. The minimum Gasteiger partial charge on any atom is -0.380 e. The molecular formula is C16H15Br2NO2. The van der Waals surface area contributed by atoms with Crippen molar-refractivity contribution in [3.8, 4) is 0 Å². The van der Waals surface area contributed by atoms with Gasteiger partial charge in [-0.1, -0.05) is 37.9 Å². The molecule has 5 heteroatoms. The quantitative estimate of drug-likeness (QED) is 0.773. The normalized spacial score (nSPS) is 10.5. The molecule has 0 aliphatic heterocycles. The number of benzene rings is 2. The summed E-state index contributed by atoms with van der Waals surface area (Å²) in [6.45, 7) is 2.38. The van der Waals surface area contributed by atoms with Crippen molar-refractivity contribution in [2.75, 3.05) is 12.4 Å². The molecule has 2 rings (SSSR count). The van der Waals surface area contributed by atoms with Gasteiger partial charge in [-0.15, -0.1) is 0 Å². The minimum atomic E-state index is -0.144. The summed E-state index contributed by atoms with van der Waals surface area (Å²) in [6, 6.07) is 11.3. The van der Waals surface area contributed by atoms with E-state index in [9.17, 15) is 4.79 Å². The molecule has 1 amide bonds. The van der Waals surface area contributed by atoms with E-state index in [0.29, 0.717) is 12.2 Å². The molecule has 21 heavy (non-hydrogen) atoms. The molecule has 0 aliphatic carbocycles. The van der Waals surface area contributed by atoms with Crippen molar-refractivity contribution in [2.24, 2.45) is 0 Å². The topological polar surface area (TPSA) is 38.3 Å². The van der Waals surface area contributed by atoms with E-state index in [0.717, 1.165) is 25.8 Å². The van der Waals surface area contributed by atoms with Crippen LogP contribution < -0.4 is 5.32 Å². The zero-order chi connectivity index (χ0) is 15.4. The highest BCUT2D eigenvalue weighted by atomic mass is 79.9. The SMILES string of the molecule is COCc1c(Br)cccc1NC(=O)c1cc(C)cc(Br)c1. The van der Waals surface area contributed by atoms with E-state index in [4.69, 9.17) is 4.74 Å². The first-order chi connectivity index (χ1) is 10.0. The van der Waals surface area contributed by atoms with Gasteiger partial charge in [0.25, 0.3) is 5.91 Å². The Hall–Kier alpha value is -1.17. The lowest BCUT2D eigenvalue weighted by Gasteiger charge is -2.13. The molecule has 0 aliphatic rings. The monoisotopic (exact) mass is 411 g/mol. The molecule has 0 aromatic heterocycles. The van der Waals surface area contributed by atoms with Crippen LogP contribution in [-0.2, 0) is 11.3 Å². The van der Waals surface area contributed by atoms with Crippen molar-refractivity contribution in [1.29, 1.82) is 0 Å². The second-order valence-corrected chi connectivity index (χ2v) is 6.44. The van der Waals surface area contributed by atoms with E-state index in [1.54, 1.807) is 13.2 Å². The summed E-state index contributed by atoms with van der Waals surface area (Å²) >= 11 is 6.89. The molecule has 0 heterocycles. The Morgan fingerprint density at radius 1 is 1.24 bits per heavy atom. The molecule has 0 spiro atoms. The highest BCUT2D eigenvalue weighted by molar-refractivity contribution is 9.10. The standard InChI is InChI=1S/C16H15Br2NO2/c1-10-6-11(8-12(17)7-10)16(20)19-15-5-3-4-14(18)13(15)9-21-2/h3-8H,9H2,1-2H3,(H,19,20). The highest BCUT2D eigenvalue weighted by Gasteiger charge is 2.12. The fraction of sp³-hybridized carbons (Fsp3) is 0.188. The Bertz CT molecular complexity index is 651. The van der Waals surface area contributed by atoms with Crippen LogP contribution in [0, 0.1) is 6.92 Å². The number of hydrogen-bond acceptors (Lipinski definition) is 2. The first-order valence-corrected chi connectivity index (χ1v) is 7.94. The largest absolute Gasteiger partial charge is 0.380 e. The molecule has 0 saturated heterocycles. The van der Waals surface area contributed by atoms with Crippen molar-refractivity contribution in [3.05, 3.63) is 62.0 Å². The maximum atomic E-state index is 12.4. The van der Waals surface area contributed by atoms with Gasteiger partial charge in [0.1, 0.15) is 0 Å². The van der Waals surface area contributed by atoms with Crippen molar-refractivity contribution in [3.63, 3.8) is 0 Å². The Morgan fingerprint density at radius 2 is 2.00 bits per heavy atom. The maximum Gasteiger partial charge on any atom is 0.255 e. The summed E-state index contributed by atoms with van der Waals surface area (Å²) in [5.74, 6) is -0.144. The summed E-state index contributed by atoms with van der Waals surface area (Å²) < 4.78 is 6.98. The van der Waals surface area contributed by atoms with Gasteiger partial charge in [0, 0.05) is 32.9 Å². The average Bonchev–Trinajstić information content (AvgIpc) is 2.41. The third-order valence-corrected chi connectivity index (χ3v) is 4.16. The molecule has 2 aromatic carbocycles. The van der Waals surface area contributed by atoms with Gasteiger partial charge in [-0.3, -0.25) is 4.79 Å². The van der Waals surface area contributed by atoms with E-state index < -0.39 is 0 Å². The van der Waals surface area contributed by atoms with Crippen molar-refractivity contribution in [1.82, 2.24) is 0 Å². The van der Waals surface area contributed by atoms with Crippen molar-refractivity contribution >= 4 is 43.5 Å². The van der Waals surface area contributed by atoms with Crippen molar-refractivity contribution in [2.45, 2.75) is 13.5 Å². The first-order valence-electron chi connectivity index (χ1n) is 6.36. The van der Waals surface area contributed by atoms with Gasteiger partial charge in [0.05, 0.1) is 6.61 Å². The number of methoxy groups -OCH3 is 1. The van der Waals surface area contributed by atoms with Crippen molar-refractivity contribution < 1.29 is 9.53 Å². The van der Waals surface area contributed by atoms with Gasteiger partial charge in [-0.05, 0) is 42.8 Å². The third-order valence-electron chi connectivity index (χ3n) is 2.96. The Balaban J connectivity index is 2.29. The number of nitrogens with one attached hydrogen (secondary N) is 1. The van der Waals surface area contributed by atoms with Gasteiger partial charge in [-0.2, -0.15) is 0 Å². The molecule has 3 nitrogen and oxygen atoms in total. The number of carbonyl (C=O) groups is 1. The predicted octanol–water partition coefficient (Wildman–Crippen LogP) is 4.92. The Kier molecular flexibility index (Phi) is 5.56. The van der Waals surface area contributed by atoms with Gasteiger partial charge >= 0.3 is 0 Å². The molecule has 0 saturated carbocycles. The van der Waals surface area contributed by atoms with E-state index in [1.165, 1.54) is 0 Å². The molecular weight excluding hydrogens is 398 g/mol. The second kappa shape index (κ2) is 7.20. The molecule has 2 aromatic rings. The van der Waals surface area contributed by atoms with Gasteiger partial charge in [-0.25, -0.2) is 0 Å². The average molecular weight is 413 g/mol. The van der Waals surface area contributed by atoms with Crippen LogP contribution in [-0.4, -0.2) is 13.0 Å². The van der Waals surface area contributed by atoms with Gasteiger partial charge in [0.2, 0.25) is 0 Å². The molecule has 1 N–H and O–H groups in total. The van der Waals surface area contributed by atoms with Crippen LogP contribution in [0.2, 0.25) is 0 Å². The number of anilines is 1. The Labute approximate surface area is 141 Å². The van der Waals surface area contributed by atoms with E-state index in [2.05, 4.69) is 37.2 Å². The van der Waals surface area contributed by atoms with Crippen LogP contribution in [0.4, 0.5) is 5.69 Å². The zero-order valence-corrected chi connectivity index (χ0v) is 14.9. The second-order valence-electron chi connectivity index (χ2n) is 4.67. The minimum absolute atomic E-state index is 0.144. The Morgan fingerprint density at radius 3 is 2.67 bits per heavy atom. The van der Waals surface area contributed by atoms with Crippen LogP contribution in [0.5, 0.6) is 0 Å². The highest BCUT2D eigenvalue weighted by Crippen LogP contribution is 2.26. The molecule has 0 bridgehead atoms. The number of ether oxygens (including phenoxy) is 1. The third kappa shape index (κ3) is 4.15. The molecule has 0 fully saturated rings. The number of carbonyl (C=O) groups excluding carboxylic acids is 1. The molecule has 0 unspecified atom stereocenters. The van der Waals surface area contributed by atoms with Crippen LogP contribution in [0.15, 0.2) is 45.3 Å². The zero-order valence-electron chi connectivity index (χ0n) is 11.7. The number of hydrogen-bond donors (Lipinski definition) is 1. The van der Waals surface area contributed by atoms with Gasteiger partial charge < -0.3 is 10.1 Å². The number of aryl methyl sites for hydroxylation is 1. The van der Waals surface area contributed by atoms with E-state index in [1.807, 2.05) is 37.3 Å². The lowest BCUT2D eigenvalue weighted by Crippen LogP contribution is -2.14. The van der Waals surface area contributed by atoms with E-state index in [-0.39, 0.29) is 5.91 Å². The van der Waals surface area contributed by atoms with Crippen LogP contribution in [0.1, 0.15) is 21.5 Å². The fourth-order valence-electron chi connectivity index (χ4n) is 2.03. The van der Waals surface area contributed by atoms with Crippen LogP contribution >= 0.6 is 31.9 Å². The van der Waals surface area contributed by atoms with E-state index >= 15 is 0 Å². The summed E-state index contributed by atoms with van der Waals surface area (Å²) in [5.41, 5.74) is 3.31. The molecule has 110 valence electrons. The number of amides is 1. The predicted molar refractivity (Wildman–Crippen MR) is 91.7 cm³/mol. The summed E-state index contributed by atoms with van der Waals surface area (Å²) in [5, 5.41) is 2.94. The summed E-state index contributed by atoms with van der Waals surface area (Å²) in [7, 11) is 1.63. The first kappa shape index (κ1) is 16.2. The molecule has 0 atom stereocenters. The fourth-order valence-corrected chi connectivity index (χ4v) is 3.12. The lowest BCUT2D eigenvalue weighted by molar-refractivity contribution is 0.102. The summed E-state index contributed by atoms with van der Waals surface area (Å²) in [4.78, 5) is 12.4.